The van der Waals surface area contributed by atoms with Gasteiger partial charge >= 0.3 is 0 Å². The van der Waals surface area contributed by atoms with E-state index in [1.807, 2.05) is 0 Å². The van der Waals surface area contributed by atoms with Crippen molar-refractivity contribution in [2.45, 2.75) is 32.2 Å². The Bertz CT molecular complexity index is 395. The number of carbonyl (C=O) groups excluding carboxylic acids is 1. The van der Waals surface area contributed by atoms with Crippen molar-refractivity contribution in [2.75, 3.05) is 13.1 Å². The fourth-order valence-electron chi connectivity index (χ4n) is 2.38. The van der Waals surface area contributed by atoms with Crippen molar-refractivity contribution in [3.8, 4) is 0 Å². The number of hydrogen-bond donors (Lipinski definition) is 1. The predicted molar refractivity (Wildman–Crippen MR) is 75.7 cm³/mol. The molecule has 18 heavy (non-hydrogen) atoms. The number of primary amides is 1. The summed E-state index contributed by atoms with van der Waals surface area (Å²) in [6.07, 6.45) is 3.63. The number of hydrogen-bond acceptors (Lipinski definition) is 2. The Morgan fingerprint density at radius 3 is 2.67 bits per heavy atom. The van der Waals surface area contributed by atoms with E-state index >= 15 is 0 Å². The van der Waals surface area contributed by atoms with E-state index in [1.165, 1.54) is 11.1 Å². The number of unbranched alkanes of at least 4 members (excludes halogenated alkanes) is 1. The molecule has 2 rings (SSSR count). The lowest BCUT2D eigenvalue weighted by molar-refractivity contribution is -0.118. The van der Waals surface area contributed by atoms with Crippen LogP contribution in [0.5, 0.6) is 0 Å². The second-order valence-corrected chi connectivity index (χ2v) is 4.72. The van der Waals surface area contributed by atoms with E-state index in [-0.39, 0.29) is 18.3 Å². The quantitative estimate of drug-likeness (QED) is 0.832. The van der Waals surface area contributed by atoms with Gasteiger partial charge in [-0.25, -0.2) is 0 Å². The Morgan fingerprint density at radius 2 is 1.94 bits per heavy atom. The summed E-state index contributed by atoms with van der Waals surface area (Å²) in [5, 5.41) is 0. The van der Waals surface area contributed by atoms with E-state index < -0.39 is 0 Å². The first-order valence-electron chi connectivity index (χ1n) is 6.33. The van der Waals surface area contributed by atoms with Crippen molar-refractivity contribution in [1.82, 2.24) is 4.90 Å². The van der Waals surface area contributed by atoms with Gasteiger partial charge in [0.05, 0.1) is 0 Å². The van der Waals surface area contributed by atoms with Gasteiger partial charge in [-0.15, -0.1) is 12.4 Å². The fourth-order valence-corrected chi connectivity index (χ4v) is 2.38. The van der Waals surface area contributed by atoms with Crippen molar-refractivity contribution >= 4 is 18.3 Å². The Hall–Kier alpha value is -1.06. The van der Waals surface area contributed by atoms with Gasteiger partial charge in [-0.3, -0.25) is 9.69 Å². The number of rotatable bonds is 5. The van der Waals surface area contributed by atoms with E-state index in [0.29, 0.717) is 6.42 Å². The van der Waals surface area contributed by atoms with Crippen molar-refractivity contribution in [3.05, 3.63) is 35.4 Å². The zero-order chi connectivity index (χ0) is 12.1. The van der Waals surface area contributed by atoms with Crippen LogP contribution in [0.15, 0.2) is 24.3 Å². The van der Waals surface area contributed by atoms with Gasteiger partial charge in [0.15, 0.2) is 0 Å². The highest BCUT2D eigenvalue weighted by atomic mass is 35.5. The first kappa shape index (κ1) is 15.0. The largest absolute Gasteiger partial charge is 0.370 e. The summed E-state index contributed by atoms with van der Waals surface area (Å²) in [6, 6.07) is 8.65. The molecule has 100 valence electrons. The molecule has 0 saturated heterocycles. The van der Waals surface area contributed by atoms with Gasteiger partial charge in [-0.05, 0) is 36.9 Å². The van der Waals surface area contributed by atoms with Crippen LogP contribution >= 0.6 is 12.4 Å². The first-order valence-corrected chi connectivity index (χ1v) is 6.33. The third kappa shape index (κ3) is 4.31. The molecule has 0 saturated carbocycles. The van der Waals surface area contributed by atoms with Gasteiger partial charge in [0, 0.05) is 19.5 Å². The van der Waals surface area contributed by atoms with Crippen molar-refractivity contribution in [2.24, 2.45) is 5.73 Å². The molecule has 3 nitrogen and oxygen atoms in total. The maximum Gasteiger partial charge on any atom is 0.217 e. The minimum absolute atomic E-state index is 0. The zero-order valence-corrected chi connectivity index (χ0v) is 11.4. The van der Waals surface area contributed by atoms with Crippen LogP contribution < -0.4 is 5.73 Å². The number of benzene rings is 1. The smallest absolute Gasteiger partial charge is 0.217 e. The molecule has 0 aromatic heterocycles. The summed E-state index contributed by atoms with van der Waals surface area (Å²) >= 11 is 0. The predicted octanol–water partition coefficient (Wildman–Crippen LogP) is 2.12. The number of nitrogens with zero attached hydrogens (tertiary/aromatic N) is 1. The van der Waals surface area contributed by atoms with Gasteiger partial charge in [0.2, 0.25) is 5.91 Å². The van der Waals surface area contributed by atoms with Gasteiger partial charge in [0.25, 0.3) is 0 Å². The molecule has 0 spiro atoms. The molecular formula is C14H21ClN2O. The van der Waals surface area contributed by atoms with E-state index in [2.05, 4.69) is 29.2 Å². The molecule has 1 aromatic carbocycles. The minimum Gasteiger partial charge on any atom is -0.370 e. The lowest BCUT2D eigenvalue weighted by Crippen LogP contribution is -2.31. The maximum atomic E-state index is 10.6. The molecule has 1 aliphatic rings. The monoisotopic (exact) mass is 268 g/mol. The summed E-state index contributed by atoms with van der Waals surface area (Å²) in [5.41, 5.74) is 8.06. The Balaban J connectivity index is 0.00000162. The third-order valence-corrected chi connectivity index (χ3v) is 3.36. The molecule has 1 heterocycles. The third-order valence-electron chi connectivity index (χ3n) is 3.36. The van der Waals surface area contributed by atoms with Gasteiger partial charge < -0.3 is 5.73 Å². The molecule has 1 aromatic rings. The second kappa shape index (κ2) is 7.39. The van der Waals surface area contributed by atoms with Crippen LogP contribution in [0, 0.1) is 0 Å². The summed E-state index contributed by atoms with van der Waals surface area (Å²) in [6.45, 7) is 3.25. The SMILES string of the molecule is Cl.NC(=O)CCCCN1CCc2ccccc2C1. The number of carbonyl (C=O) groups is 1. The molecule has 4 heteroatoms. The Morgan fingerprint density at radius 1 is 1.22 bits per heavy atom. The molecule has 2 N–H and O–H groups in total. The standard InChI is InChI=1S/C14H20N2O.ClH/c15-14(17)7-3-4-9-16-10-8-12-5-1-2-6-13(12)11-16;/h1-2,5-6H,3-4,7-11H2,(H2,15,17);1H. The highest BCUT2D eigenvalue weighted by molar-refractivity contribution is 5.85. The second-order valence-electron chi connectivity index (χ2n) is 4.72. The summed E-state index contributed by atoms with van der Waals surface area (Å²) in [4.78, 5) is 13.1. The van der Waals surface area contributed by atoms with Crippen LogP contribution in [0.1, 0.15) is 30.4 Å². The lowest BCUT2D eigenvalue weighted by atomic mass is 10.00. The van der Waals surface area contributed by atoms with Crippen LogP contribution in [0.4, 0.5) is 0 Å². The van der Waals surface area contributed by atoms with Crippen LogP contribution in [-0.4, -0.2) is 23.9 Å². The number of halogens is 1. The normalized spacial score (nSPS) is 14.7. The molecule has 0 fully saturated rings. The number of fused-ring (bicyclic) bond motifs is 1. The Kier molecular flexibility index (Phi) is 6.16. The van der Waals surface area contributed by atoms with Crippen LogP contribution in [-0.2, 0) is 17.8 Å². The van der Waals surface area contributed by atoms with E-state index in [1.54, 1.807) is 0 Å². The van der Waals surface area contributed by atoms with Crippen molar-refractivity contribution in [1.29, 1.82) is 0 Å². The highest BCUT2D eigenvalue weighted by Crippen LogP contribution is 2.18. The molecular weight excluding hydrogens is 248 g/mol. The minimum atomic E-state index is -0.186. The molecule has 1 amide bonds. The average Bonchev–Trinajstić information content (AvgIpc) is 2.34. The summed E-state index contributed by atoms with van der Waals surface area (Å²) in [5.74, 6) is -0.186. The van der Waals surface area contributed by atoms with Crippen LogP contribution in [0.3, 0.4) is 0 Å². The number of amides is 1. The molecule has 0 radical (unpaired) electrons. The average molecular weight is 269 g/mol. The van der Waals surface area contributed by atoms with Crippen LogP contribution in [0.2, 0.25) is 0 Å². The molecule has 0 aliphatic carbocycles. The zero-order valence-electron chi connectivity index (χ0n) is 10.6. The van der Waals surface area contributed by atoms with Crippen LogP contribution in [0.25, 0.3) is 0 Å². The van der Waals surface area contributed by atoms with E-state index in [9.17, 15) is 4.79 Å². The van der Waals surface area contributed by atoms with Gasteiger partial charge in [-0.2, -0.15) is 0 Å². The molecule has 0 unspecified atom stereocenters. The van der Waals surface area contributed by atoms with Gasteiger partial charge in [-0.1, -0.05) is 24.3 Å². The van der Waals surface area contributed by atoms with E-state index in [4.69, 9.17) is 5.73 Å². The Labute approximate surface area is 115 Å². The van der Waals surface area contributed by atoms with E-state index in [0.717, 1.165) is 38.9 Å². The topological polar surface area (TPSA) is 46.3 Å². The number of nitrogens with two attached hydrogens (primary N) is 1. The molecule has 1 aliphatic heterocycles. The lowest BCUT2D eigenvalue weighted by Gasteiger charge is -2.28. The molecule has 0 bridgehead atoms. The van der Waals surface area contributed by atoms with Crippen molar-refractivity contribution < 1.29 is 4.79 Å². The fraction of sp³-hybridized carbons (Fsp3) is 0.500. The summed E-state index contributed by atoms with van der Waals surface area (Å²) < 4.78 is 0. The molecule has 0 atom stereocenters. The van der Waals surface area contributed by atoms with Crippen molar-refractivity contribution in [3.63, 3.8) is 0 Å². The first-order chi connectivity index (χ1) is 8.25. The highest BCUT2D eigenvalue weighted by Gasteiger charge is 2.14. The summed E-state index contributed by atoms with van der Waals surface area (Å²) in [7, 11) is 0. The maximum absolute atomic E-state index is 10.6. The van der Waals surface area contributed by atoms with Gasteiger partial charge in [0.1, 0.15) is 0 Å².